The topological polar surface area (TPSA) is 58.6 Å². The van der Waals surface area contributed by atoms with Crippen LogP contribution in [0.1, 0.15) is 20.8 Å². The lowest BCUT2D eigenvalue weighted by Crippen LogP contribution is -2.41. The van der Waals surface area contributed by atoms with Crippen LogP contribution in [0, 0.1) is 5.92 Å². The summed E-state index contributed by atoms with van der Waals surface area (Å²) >= 11 is 3.34. The summed E-state index contributed by atoms with van der Waals surface area (Å²) in [6, 6.07) is 7.31. The first-order chi connectivity index (χ1) is 8.90. The number of carbonyl (C=O) groups excluding carboxylic acids is 1. The molecule has 2 unspecified atom stereocenters. The largest absolute Gasteiger partial charge is 0.481 e. The van der Waals surface area contributed by atoms with Gasteiger partial charge in [-0.15, -0.1) is 0 Å². The molecule has 0 aliphatic rings. The highest BCUT2D eigenvalue weighted by atomic mass is 79.9. The molecule has 2 atom stereocenters. The van der Waals surface area contributed by atoms with E-state index in [1.807, 2.05) is 26.0 Å². The van der Waals surface area contributed by atoms with Crippen molar-refractivity contribution >= 4 is 21.8 Å². The predicted octanol–water partition coefficient (Wildman–Crippen LogP) is 2.35. The van der Waals surface area contributed by atoms with Crippen molar-refractivity contribution in [3.8, 4) is 5.75 Å². The lowest BCUT2D eigenvalue weighted by atomic mass is 10.1. The summed E-state index contributed by atoms with van der Waals surface area (Å²) in [6.07, 6.45) is -1.14. The van der Waals surface area contributed by atoms with Gasteiger partial charge in [0.05, 0.1) is 6.10 Å². The second-order valence-electron chi connectivity index (χ2n) is 4.77. The summed E-state index contributed by atoms with van der Waals surface area (Å²) < 4.78 is 6.42. The molecule has 0 spiro atoms. The minimum Gasteiger partial charge on any atom is -0.481 e. The maximum Gasteiger partial charge on any atom is 0.260 e. The van der Waals surface area contributed by atoms with E-state index in [0.717, 1.165) is 4.47 Å². The van der Waals surface area contributed by atoms with Gasteiger partial charge in [0.15, 0.2) is 6.10 Å². The summed E-state index contributed by atoms with van der Waals surface area (Å²) in [6.45, 7) is 5.72. The smallest absolute Gasteiger partial charge is 0.260 e. The lowest BCUT2D eigenvalue weighted by Gasteiger charge is -2.18. The molecule has 0 bridgehead atoms. The minimum absolute atomic E-state index is 0.113. The third-order valence-electron chi connectivity index (χ3n) is 2.73. The molecule has 0 aromatic heterocycles. The molecule has 2 N–H and O–H groups in total. The van der Waals surface area contributed by atoms with Crippen LogP contribution in [0.5, 0.6) is 5.75 Å². The zero-order valence-corrected chi connectivity index (χ0v) is 13.0. The molecule has 1 aromatic rings. The number of aliphatic hydroxyl groups is 1. The number of hydrogen-bond donors (Lipinski definition) is 2. The summed E-state index contributed by atoms with van der Waals surface area (Å²) in [4.78, 5) is 11.8. The van der Waals surface area contributed by atoms with Gasteiger partial charge < -0.3 is 15.2 Å². The van der Waals surface area contributed by atoms with Crippen LogP contribution in [-0.4, -0.2) is 29.8 Å². The molecule has 0 saturated carbocycles. The van der Waals surface area contributed by atoms with Crippen molar-refractivity contribution in [1.29, 1.82) is 0 Å². The number of aliphatic hydroxyl groups excluding tert-OH is 1. The zero-order chi connectivity index (χ0) is 14.4. The first-order valence-electron chi connectivity index (χ1n) is 6.28. The molecule has 0 fully saturated rings. The van der Waals surface area contributed by atoms with Gasteiger partial charge in [0, 0.05) is 11.0 Å². The second-order valence-corrected chi connectivity index (χ2v) is 5.69. The fourth-order valence-electron chi connectivity index (χ4n) is 1.38. The van der Waals surface area contributed by atoms with Gasteiger partial charge in [-0.1, -0.05) is 35.8 Å². The summed E-state index contributed by atoms with van der Waals surface area (Å²) in [5, 5.41) is 12.3. The van der Waals surface area contributed by atoms with E-state index < -0.39 is 12.2 Å². The molecular weight excluding hydrogens is 310 g/mol. The van der Waals surface area contributed by atoms with Crippen LogP contribution < -0.4 is 10.1 Å². The Morgan fingerprint density at radius 2 is 2.11 bits per heavy atom. The third-order valence-corrected chi connectivity index (χ3v) is 3.23. The summed E-state index contributed by atoms with van der Waals surface area (Å²) in [5.41, 5.74) is 0. The number of carbonyl (C=O) groups is 1. The Morgan fingerprint density at radius 1 is 1.42 bits per heavy atom. The molecule has 1 amide bonds. The van der Waals surface area contributed by atoms with Crippen LogP contribution in [0.25, 0.3) is 0 Å². The maximum absolute atomic E-state index is 11.8. The molecule has 0 heterocycles. The van der Waals surface area contributed by atoms with Crippen molar-refractivity contribution in [2.75, 3.05) is 6.54 Å². The van der Waals surface area contributed by atoms with E-state index >= 15 is 0 Å². The van der Waals surface area contributed by atoms with Gasteiger partial charge in [-0.05, 0) is 31.0 Å². The average Bonchev–Trinajstić information content (AvgIpc) is 2.35. The van der Waals surface area contributed by atoms with E-state index in [9.17, 15) is 9.90 Å². The van der Waals surface area contributed by atoms with Gasteiger partial charge in [0.2, 0.25) is 0 Å². The summed E-state index contributed by atoms with van der Waals surface area (Å²) in [5.74, 6) is 0.503. The molecule has 4 nitrogen and oxygen atoms in total. The van der Waals surface area contributed by atoms with Gasteiger partial charge in [0.1, 0.15) is 5.75 Å². The molecule has 0 aliphatic heterocycles. The number of benzene rings is 1. The van der Waals surface area contributed by atoms with Crippen LogP contribution in [0.4, 0.5) is 0 Å². The van der Waals surface area contributed by atoms with E-state index in [-0.39, 0.29) is 18.4 Å². The van der Waals surface area contributed by atoms with Crippen molar-refractivity contribution in [3.05, 3.63) is 28.7 Å². The van der Waals surface area contributed by atoms with Crippen molar-refractivity contribution in [3.63, 3.8) is 0 Å². The van der Waals surface area contributed by atoms with Crippen molar-refractivity contribution < 1.29 is 14.6 Å². The van der Waals surface area contributed by atoms with E-state index in [1.54, 1.807) is 19.1 Å². The monoisotopic (exact) mass is 329 g/mol. The molecule has 1 aromatic carbocycles. The van der Waals surface area contributed by atoms with Gasteiger partial charge in [-0.3, -0.25) is 4.79 Å². The standard InChI is InChI=1S/C14H20BrNO3/c1-9(2)13(17)8-16-14(18)10(3)19-12-6-4-5-11(15)7-12/h4-7,9-10,13,17H,8H2,1-3H3,(H,16,18). The molecular formula is C14H20BrNO3. The number of hydrogen-bond acceptors (Lipinski definition) is 3. The van der Waals surface area contributed by atoms with Gasteiger partial charge >= 0.3 is 0 Å². The Balaban J connectivity index is 2.45. The third kappa shape index (κ3) is 5.61. The maximum atomic E-state index is 11.8. The molecule has 0 saturated heterocycles. The minimum atomic E-state index is -0.603. The van der Waals surface area contributed by atoms with Crippen LogP contribution in [0.3, 0.4) is 0 Å². The Hall–Kier alpha value is -1.07. The normalized spacial score (nSPS) is 14.0. The molecule has 0 aliphatic carbocycles. The lowest BCUT2D eigenvalue weighted by molar-refractivity contribution is -0.127. The number of halogens is 1. The first kappa shape index (κ1) is 16.0. The zero-order valence-electron chi connectivity index (χ0n) is 11.4. The molecule has 5 heteroatoms. The van der Waals surface area contributed by atoms with Crippen molar-refractivity contribution in [2.24, 2.45) is 5.92 Å². The van der Waals surface area contributed by atoms with E-state index in [2.05, 4.69) is 21.2 Å². The van der Waals surface area contributed by atoms with Gasteiger partial charge in [0.25, 0.3) is 5.91 Å². The Morgan fingerprint density at radius 3 is 2.68 bits per heavy atom. The Labute approximate surface area is 122 Å². The second kappa shape index (κ2) is 7.50. The SMILES string of the molecule is CC(Oc1cccc(Br)c1)C(=O)NCC(O)C(C)C. The number of rotatable bonds is 6. The number of ether oxygens (including phenoxy) is 1. The fourth-order valence-corrected chi connectivity index (χ4v) is 1.76. The summed E-state index contributed by atoms with van der Waals surface area (Å²) in [7, 11) is 0. The first-order valence-corrected chi connectivity index (χ1v) is 7.07. The highest BCUT2D eigenvalue weighted by Crippen LogP contribution is 2.18. The van der Waals surface area contributed by atoms with Crippen molar-refractivity contribution in [2.45, 2.75) is 33.0 Å². The average molecular weight is 330 g/mol. The van der Waals surface area contributed by atoms with E-state index in [4.69, 9.17) is 4.74 Å². The van der Waals surface area contributed by atoms with Gasteiger partial charge in [-0.25, -0.2) is 0 Å². The molecule has 0 radical (unpaired) electrons. The van der Waals surface area contributed by atoms with Gasteiger partial charge in [-0.2, -0.15) is 0 Å². The highest BCUT2D eigenvalue weighted by Gasteiger charge is 2.17. The molecule has 106 valence electrons. The number of amides is 1. The van der Waals surface area contributed by atoms with Crippen LogP contribution in [0.2, 0.25) is 0 Å². The van der Waals surface area contributed by atoms with Crippen LogP contribution >= 0.6 is 15.9 Å². The van der Waals surface area contributed by atoms with Crippen molar-refractivity contribution in [1.82, 2.24) is 5.32 Å². The molecule has 1 rings (SSSR count). The molecule has 19 heavy (non-hydrogen) atoms. The quantitative estimate of drug-likeness (QED) is 0.842. The van der Waals surface area contributed by atoms with E-state index in [1.165, 1.54) is 0 Å². The Kier molecular flexibility index (Phi) is 6.31. The van der Waals surface area contributed by atoms with Crippen LogP contribution in [-0.2, 0) is 4.79 Å². The van der Waals surface area contributed by atoms with Crippen LogP contribution in [0.15, 0.2) is 28.7 Å². The predicted molar refractivity (Wildman–Crippen MR) is 78.1 cm³/mol. The Bertz CT molecular complexity index is 423. The fraction of sp³-hybridized carbons (Fsp3) is 0.500. The highest BCUT2D eigenvalue weighted by molar-refractivity contribution is 9.10. The number of nitrogens with one attached hydrogen (secondary N) is 1. The van der Waals surface area contributed by atoms with E-state index in [0.29, 0.717) is 5.75 Å².